The standard InChI is InChI=1S/C10H11N3OS/c11-5-6-14-9-3-1-8(2-4-9)10-7-12-13-15-10/h1-4,7H,5-6,11H2. The van der Waals surface area contributed by atoms with E-state index in [1.54, 1.807) is 6.20 Å². The Morgan fingerprint density at radius 1 is 1.27 bits per heavy atom. The quantitative estimate of drug-likeness (QED) is 0.850. The summed E-state index contributed by atoms with van der Waals surface area (Å²) in [7, 11) is 0. The second kappa shape index (κ2) is 4.86. The van der Waals surface area contributed by atoms with Crippen LogP contribution in [0.2, 0.25) is 0 Å². The van der Waals surface area contributed by atoms with Gasteiger partial charge < -0.3 is 10.5 Å². The van der Waals surface area contributed by atoms with Crippen LogP contribution in [0.25, 0.3) is 10.4 Å². The lowest BCUT2D eigenvalue weighted by Gasteiger charge is -2.04. The summed E-state index contributed by atoms with van der Waals surface area (Å²) in [6.45, 7) is 1.07. The molecular formula is C10H11N3OS. The van der Waals surface area contributed by atoms with Crippen molar-refractivity contribution in [3.05, 3.63) is 30.5 Å². The van der Waals surface area contributed by atoms with Gasteiger partial charge in [0.2, 0.25) is 0 Å². The lowest BCUT2D eigenvalue weighted by molar-refractivity contribution is 0.328. The first-order chi connectivity index (χ1) is 7.40. The summed E-state index contributed by atoms with van der Waals surface area (Å²) in [4.78, 5) is 1.06. The highest BCUT2D eigenvalue weighted by molar-refractivity contribution is 7.09. The number of nitrogens with two attached hydrogens (primary N) is 1. The molecule has 1 aromatic heterocycles. The average molecular weight is 221 g/mol. The molecule has 5 heteroatoms. The molecule has 0 bridgehead atoms. The van der Waals surface area contributed by atoms with Crippen LogP contribution in [-0.2, 0) is 0 Å². The highest BCUT2D eigenvalue weighted by Gasteiger charge is 2.00. The molecule has 0 radical (unpaired) electrons. The van der Waals surface area contributed by atoms with Gasteiger partial charge in [0.15, 0.2) is 0 Å². The Bertz CT molecular complexity index is 399. The molecule has 0 spiro atoms. The fourth-order valence-corrected chi connectivity index (χ4v) is 1.70. The van der Waals surface area contributed by atoms with Crippen molar-refractivity contribution >= 4 is 11.5 Å². The lowest BCUT2D eigenvalue weighted by atomic mass is 10.2. The average Bonchev–Trinajstić information content (AvgIpc) is 2.80. The minimum atomic E-state index is 0.528. The third-order valence-electron chi connectivity index (χ3n) is 1.89. The number of rotatable bonds is 4. The molecule has 0 atom stereocenters. The lowest BCUT2D eigenvalue weighted by Crippen LogP contribution is -2.10. The molecule has 1 heterocycles. The Morgan fingerprint density at radius 2 is 2.07 bits per heavy atom. The smallest absolute Gasteiger partial charge is 0.119 e. The monoisotopic (exact) mass is 221 g/mol. The Labute approximate surface area is 91.9 Å². The van der Waals surface area contributed by atoms with Gasteiger partial charge in [-0.25, -0.2) is 0 Å². The first-order valence-electron chi connectivity index (χ1n) is 4.61. The zero-order valence-corrected chi connectivity index (χ0v) is 8.91. The Hall–Kier alpha value is -1.46. The third-order valence-corrected chi connectivity index (χ3v) is 2.60. The molecular weight excluding hydrogens is 210 g/mol. The molecule has 78 valence electrons. The molecule has 2 aromatic rings. The van der Waals surface area contributed by atoms with E-state index in [2.05, 4.69) is 9.59 Å². The topological polar surface area (TPSA) is 61.0 Å². The predicted molar refractivity (Wildman–Crippen MR) is 59.9 cm³/mol. The van der Waals surface area contributed by atoms with Gasteiger partial charge in [-0.1, -0.05) is 4.49 Å². The summed E-state index contributed by atoms with van der Waals surface area (Å²) in [5.41, 5.74) is 6.45. The number of nitrogens with zero attached hydrogens (tertiary/aromatic N) is 2. The second-order valence-corrected chi connectivity index (χ2v) is 3.73. The van der Waals surface area contributed by atoms with Crippen LogP contribution in [0.5, 0.6) is 5.75 Å². The maximum absolute atomic E-state index is 5.37. The van der Waals surface area contributed by atoms with Gasteiger partial charge in [-0.3, -0.25) is 0 Å². The van der Waals surface area contributed by atoms with Crippen molar-refractivity contribution in [1.29, 1.82) is 0 Å². The van der Waals surface area contributed by atoms with E-state index in [1.165, 1.54) is 11.5 Å². The van der Waals surface area contributed by atoms with Crippen molar-refractivity contribution in [3.63, 3.8) is 0 Å². The molecule has 1 aromatic carbocycles. The molecule has 0 fully saturated rings. The van der Waals surface area contributed by atoms with Crippen LogP contribution in [-0.4, -0.2) is 22.7 Å². The largest absolute Gasteiger partial charge is 0.492 e. The summed E-state index contributed by atoms with van der Waals surface area (Å²) in [5, 5.41) is 3.79. The van der Waals surface area contributed by atoms with Crippen LogP contribution >= 0.6 is 11.5 Å². The minimum Gasteiger partial charge on any atom is -0.492 e. The molecule has 0 saturated heterocycles. The summed E-state index contributed by atoms with van der Waals surface area (Å²) in [6.07, 6.45) is 1.75. The van der Waals surface area contributed by atoms with E-state index < -0.39 is 0 Å². The zero-order valence-electron chi connectivity index (χ0n) is 8.09. The first-order valence-corrected chi connectivity index (χ1v) is 5.38. The third kappa shape index (κ3) is 2.51. The van der Waals surface area contributed by atoms with E-state index in [9.17, 15) is 0 Å². The van der Waals surface area contributed by atoms with Gasteiger partial charge in [0.1, 0.15) is 12.4 Å². The van der Waals surface area contributed by atoms with Crippen LogP contribution in [0, 0.1) is 0 Å². The number of hydrogen-bond acceptors (Lipinski definition) is 5. The minimum absolute atomic E-state index is 0.528. The van der Waals surface area contributed by atoms with E-state index >= 15 is 0 Å². The molecule has 0 unspecified atom stereocenters. The predicted octanol–water partition coefficient (Wildman–Crippen LogP) is 1.54. The molecule has 2 N–H and O–H groups in total. The van der Waals surface area contributed by atoms with Crippen LogP contribution in [0.15, 0.2) is 30.5 Å². The van der Waals surface area contributed by atoms with Crippen molar-refractivity contribution in [1.82, 2.24) is 9.59 Å². The van der Waals surface area contributed by atoms with Gasteiger partial charge in [0.05, 0.1) is 11.1 Å². The highest BCUT2D eigenvalue weighted by Crippen LogP contribution is 2.23. The Morgan fingerprint density at radius 3 is 2.67 bits per heavy atom. The van der Waals surface area contributed by atoms with Gasteiger partial charge in [0, 0.05) is 6.54 Å². The van der Waals surface area contributed by atoms with E-state index in [4.69, 9.17) is 10.5 Å². The van der Waals surface area contributed by atoms with Gasteiger partial charge >= 0.3 is 0 Å². The molecule has 2 rings (SSSR count). The normalized spacial score (nSPS) is 10.2. The van der Waals surface area contributed by atoms with Crippen molar-refractivity contribution in [2.75, 3.05) is 13.2 Å². The van der Waals surface area contributed by atoms with E-state index in [-0.39, 0.29) is 0 Å². The summed E-state index contributed by atoms with van der Waals surface area (Å²) < 4.78 is 9.19. The maximum Gasteiger partial charge on any atom is 0.119 e. The van der Waals surface area contributed by atoms with Gasteiger partial charge in [-0.2, -0.15) is 0 Å². The van der Waals surface area contributed by atoms with E-state index in [1.807, 2.05) is 24.3 Å². The SMILES string of the molecule is NCCOc1ccc(-c2cnns2)cc1. The van der Waals surface area contributed by atoms with E-state index in [0.717, 1.165) is 16.2 Å². The zero-order chi connectivity index (χ0) is 10.5. The summed E-state index contributed by atoms with van der Waals surface area (Å²) in [6, 6.07) is 7.82. The molecule has 0 aliphatic carbocycles. The molecule has 0 amide bonds. The molecule has 0 saturated carbocycles. The summed E-state index contributed by atoms with van der Waals surface area (Å²) in [5.74, 6) is 0.835. The Kier molecular flexibility index (Phi) is 3.26. The van der Waals surface area contributed by atoms with Crippen molar-refractivity contribution in [2.24, 2.45) is 5.73 Å². The molecule has 4 nitrogen and oxygen atoms in total. The number of benzene rings is 1. The number of aromatic nitrogens is 2. The second-order valence-electron chi connectivity index (χ2n) is 2.94. The number of ether oxygens (including phenoxy) is 1. The van der Waals surface area contributed by atoms with Gasteiger partial charge in [0.25, 0.3) is 0 Å². The van der Waals surface area contributed by atoms with E-state index in [0.29, 0.717) is 13.2 Å². The summed E-state index contributed by atoms with van der Waals surface area (Å²) >= 11 is 1.38. The van der Waals surface area contributed by atoms with Crippen LogP contribution in [0.4, 0.5) is 0 Å². The number of hydrogen-bond donors (Lipinski definition) is 1. The fraction of sp³-hybridized carbons (Fsp3) is 0.200. The van der Waals surface area contributed by atoms with Crippen LogP contribution < -0.4 is 10.5 Å². The molecule has 15 heavy (non-hydrogen) atoms. The molecule has 0 aliphatic rings. The molecule has 0 aliphatic heterocycles. The van der Waals surface area contributed by atoms with Crippen molar-refractivity contribution in [2.45, 2.75) is 0 Å². The van der Waals surface area contributed by atoms with Crippen LogP contribution in [0.3, 0.4) is 0 Å². The maximum atomic E-state index is 5.37. The van der Waals surface area contributed by atoms with Gasteiger partial charge in [-0.05, 0) is 41.4 Å². The van der Waals surface area contributed by atoms with Crippen molar-refractivity contribution in [3.8, 4) is 16.2 Å². The van der Waals surface area contributed by atoms with Crippen molar-refractivity contribution < 1.29 is 4.74 Å². The fourth-order valence-electron chi connectivity index (χ4n) is 1.19. The van der Waals surface area contributed by atoms with Crippen LogP contribution in [0.1, 0.15) is 0 Å². The van der Waals surface area contributed by atoms with Gasteiger partial charge in [-0.15, -0.1) is 5.10 Å². The first kappa shape index (κ1) is 10.1. The highest BCUT2D eigenvalue weighted by atomic mass is 32.1. The Balaban J connectivity index is 2.11.